The number of carbonyl (C=O) groups excluding carboxylic acids is 2. The van der Waals surface area contributed by atoms with Crippen LogP contribution >= 0.6 is 0 Å². The highest BCUT2D eigenvalue weighted by Crippen LogP contribution is 2.09. The summed E-state index contributed by atoms with van der Waals surface area (Å²) in [6, 6.07) is 2.97. The molecule has 7 heteroatoms. The first kappa shape index (κ1) is 13.9. The molecule has 1 amide bonds. The molecule has 1 heterocycles. The minimum atomic E-state index is -0.781. The Morgan fingerprint density at radius 2 is 2.00 bits per heavy atom. The molecule has 98 valence electrons. The van der Waals surface area contributed by atoms with Crippen LogP contribution in [-0.2, 0) is 9.57 Å². The molecule has 0 aliphatic heterocycles. The zero-order chi connectivity index (χ0) is 13.8. The van der Waals surface area contributed by atoms with Crippen molar-refractivity contribution in [3.05, 3.63) is 24.0 Å². The lowest BCUT2D eigenvalue weighted by atomic mass is 10.2. The Balaban J connectivity index is 2.58. The first-order valence-electron chi connectivity index (χ1n) is 5.26. The first-order valence-corrected chi connectivity index (χ1v) is 5.26. The summed E-state index contributed by atoms with van der Waals surface area (Å²) in [4.78, 5) is 27.8. The molecule has 0 unspecified atom stereocenters. The van der Waals surface area contributed by atoms with Crippen LogP contribution in [0.5, 0.6) is 0 Å². The van der Waals surface area contributed by atoms with E-state index in [0.29, 0.717) is 5.06 Å². The largest absolute Gasteiger partial charge is 0.443 e. The summed E-state index contributed by atoms with van der Waals surface area (Å²) >= 11 is 0. The number of rotatable bonds is 1. The number of aromatic nitrogens is 2. The molecule has 0 aromatic carbocycles. The number of carbonyl (C=O) groups is 2. The standard InChI is InChI=1S/C11H15N3O4/c1-11(2,3)17-10(16)14(4)18-9(15)8-6-5-7-12-13-8/h5-7H,1-4H3. The van der Waals surface area contributed by atoms with Crippen LogP contribution in [0.25, 0.3) is 0 Å². The lowest BCUT2D eigenvalue weighted by Crippen LogP contribution is -2.35. The Hall–Kier alpha value is -2.18. The van der Waals surface area contributed by atoms with Gasteiger partial charge in [0.2, 0.25) is 0 Å². The van der Waals surface area contributed by atoms with Gasteiger partial charge in [0.1, 0.15) is 5.60 Å². The van der Waals surface area contributed by atoms with Gasteiger partial charge in [0.15, 0.2) is 5.69 Å². The van der Waals surface area contributed by atoms with E-state index in [9.17, 15) is 9.59 Å². The normalized spacial score (nSPS) is 10.7. The van der Waals surface area contributed by atoms with Gasteiger partial charge in [-0.15, -0.1) is 10.2 Å². The molecule has 18 heavy (non-hydrogen) atoms. The Morgan fingerprint density at radius 3 is 2.50 bits per heavy atom. The van der Waals surface area contributed by atoms with E-state index in [-0.39, 0.29) is 5.69 Å². The van der Waals surface area contributed by atoms with Crippen LogP contribution < -0.4 is 0 Å². The predicted molar refractivity (Wildman–Crippen MR) is 61.4 cm³/mol. The van der Waals surface area contributed by atoms with Crippen molar-refractivity contribution in [2.75, 3.05) is 7.05 Å². The van der Waals surface area contributed by atoms with Gasteiger partial charge in [-0.05, 0) is 32.9 Å². The lowest BCUT2D eigenvalue weighted by Gasteiger charge is -2.23. The monoisotopic (exact) mass is 253 g/mol. The van der Waals surface area contributed by atoms with Gasteiger partial charge in [0.05, 0.1) is 7.05 Å². The minimum absolute atomic E-state index is 0.00732. The van der Waals surface area contributed by atoms with E-state index in [1.807, 2.05) is 0 Å². The molecule has 0 aliphatic carbocycles. The third kappa shape index (κ3) is 4.36. The summed E-state index contributed by atoms with van der Waals surface area (Å²) in [5.74, 6) is -0.781. The van der Waals surface area contributed by atoms with Crippen molar-refractivity contribution < 1.29 is 19.2 Å². The summed E-state index contributed by atoms with van der Waals surface area (Å²) in [5, 5.41) is 7.80. The van der Waals surface area contributed by atoms with Crippen molar-refractivity contribution in [1.29, 1.82) is 0 Å². The number of hydroxylamine groups is 2. The molecule has 1 aromatic heterocycles. The van der Waals surface area contributed by atoms with E-state index in [4.69, 9.17) is 9.57 Å². The van der Waals surface area contributed by atoms with Crippen molar-refractivity contribution >= 4 is 12.1 Å². The van der Waals surface area contributed by atoms with Gasteiger partial charge < -0.3 is 9.57 Å². The van der Waals surface area contributed by atoms with Crippen molar-refractivity contribution in [2.24, 2.45) is 0 Å². The maximum absolute atomic E-state index is 11.6. The van der Waals surface area contributed by atoms with E-state index >= 15 is 0 Å². The second-order valence-corrected chi connectivity index (χ2v) is 4.47. The maximum Gasteiger partial charge on any atom is 0.443 e. The van der Waals surface area contributed by atoms with Gasteiger partial charge in [0.25, 0.3) is 0 Å². The number of nitrogens with zero attached hydrogens (tertiary/aromatic N) is 3. The smallest absolute Gasteiger partial charge is 0.442 e. The third-order valence-electron chi connectivity index (χ3n) is 1.65. The lowest BCUT2D eigenvalue weighted by molar-refractivity contribution is -0.0935. The summed E-state index contributed by atoms with van der Waals surface area (Å²) in [5.41, 5.74) is -0.655. The molecule has 0 spiro atoms. The number of hydrogen-bond acceptors (Lipinski definition) is 6. The van der Waals surface area contributed by atoms with Crippen LogP contribution in [0.15, 0.2) is 18.3 Å². The van der Waals surface area contributed by atoms with Crippen LogP contribution in [0.1, 0.15) is 31.3 Å². The quantitative estimate of drug-likeness (QED) is 0.704. The summed E-state index contributed by atoms with van der Waals surface area (Å²) in [7, 11) is 1.28. The second-order valence-electron chi connectivity index (χ2n) is 4.47. The van der Waals surface area contributed by atoms with Gasteiger partial charge in [-0.25, -0.2) is 9.59 Å². The minimum Gasteiger partial charge on any atom is -0.442 e. The van der Waals surface area contributed by atoms with E-state index in [1.165, 1.54) is 25.4 Å². The molecular formula is C11H15N3O4. The van der Waals surface area contributed by atoms with Crippen molar-refractivity contribution in [2.45, 2.75) is 26.4 Å². The third-order valence-corrected chi connectivity index (χ3v) is 1.65. The summed E-state index contributed by atoms with van der Waals surface area (Å²) in [6.45, 7) is 5.13. The number of ether oxygens (including phenoxy) is 1. The Bertz CT molecular complexity index is 428. The zero-order valence-electron chi connectivity index (χ0n) is 10.7. The topological polar surface area (TPSA) is 81.6 Å². The summed E-state index contributed by atoms with van der Waals surface area (Å²) in [6.07, 6.45) is 0.661. The molecule has 1 aromatic rings. The first-order chi connectivity index (χ1) is 8.29. The molecule has 0 atom stereocenters. The molecule has 7 nitrogen and oxygen atoms in total. The molecule has 0 bridgehead atoms. The molecule has 0 saturated heterocycles. The number of hydrogen-bond donors (Lipinski definition) is 0. The fraction of sp³-hybridized carbons (Fsp3) is 0.455. The molecular weight excluding hydrogens is 238 g/mol. The number of amides is 1. The van der Waals surface area contributed by atoms with Gasteiger partial charge in [-0.3, -0.25) is 0 Å². The van der Waals surface area contributed by atoms with E-state index in [1.54, 1.807) is 20.8 Å². The molecule has 1 rings (SSSR count). The molecule has 0 fully saturated rings. The van der Waals surface area contributed by atoms with Crippen LogP contribution in [0.3, 0.4) is 0 Å². The fourth-order valence-corrected chi connectivity index (χ4v) is 0.945. The average Bonchev–Trinajstić information content (AvgIpc) is 2.27. The molecule has 0 N–H and O–H groups in total. The van der Waals surface area contributed by atoms with Crippen LogP contribution in [0.2, 0.25) is 0 Å². The van der Waals surface area contributed by atoms with Gasteiger partial charge in [0, 0.05) is 6.20 Å². The SMILES string of the molecule is CN(OC(=O)c1cccnn1)C(=O)OC(C)(C)C. The van der Waals surface area contributed by atoms with Crippen LogP contribution in [0, 0.1) is 0 Å². The van der Waals surface area contributed by atoms with Crippen molar-refractivity contribution in [3.8, 4) is 0 Å². The van der Waals surface area contributed by atoms with Crippen molar-refractivity contribution in [1.82, 2.24) is 15.3 Å². The van der Waals surface area contributed by atoms with Crippen molar-refractivity contribution in [3.63, 3.8) is 0 Å². The van der Waals surface area contributed by atoms with Gasteiger partial charge in [-0.1, -0.05) is 0 Å². The highest BCUT2D eigenvalue weighted by molar-refractivity contribution is 5.87. The van der Waals surface area contributed by atoms with E-state index < -0.39 is 17.7 Å². The average molecular weight is 253 g/mol. The highest BCUT2D eigenvalue weighted by atomic mass is 16.8. The summed E-state index contributed by atoms with van der Waals surface area (Å²) < 4.78 is 5.01. The Morgan fingerprint density at radius 1 is 1.33 bits per heavy atom. The van der Waals surface area contributed by atoms with Crippen LogP contribution in [-0.4, -0.2) is 40.0 Å². The van der Waals surface area contributed by atoms with Crippen LogP contribution in [0.4, 0.5) is 4.79 Å². The van der Waals surface area contributed by atoms with E-state index in [2.05, 4.69) is 10.2 Å². The fourth-order valence-electron chi connectivity index (χ4n) is 0.945. The van der Waals surface area contributed by atoms with E-state index in [0.717, 1.165) is 0 Å². The molecule has 0 radical (unpaired) electrons. The zero-order valence-corrected chi connectivity index (χ0v) is 10.7. The molecule has 0 saturated carbocycles. The van der Waals surface area contributed by atoms with Gasteiger partial charge in [-0.2, -0.15) is 5.10 Å². The maximum atomic E-state index is 11.6. The second kappa shape index (κ2) is 5.44. The predicted octanol–water partition coefficient (Wildman–Crippen LogP) is 1.42. The highest BCUT2D eigenvalue weighted by Gasteiger charge is 2.23. The Kier molecular flexibility index (Phi) is 4.19. The van der Waals surface area contributed by atoms with Gasteiger partial charge >= 0.3 is 12.1 Å². The Labute approximate surface area is 105 Å². The molecule has 0 aliphatic rings.